The number of aromatic nitrogens is 1. The van der Waals surface area contributed by atoms with Gasteiger partial charge < -0.3 is 5.11 Å². The molecule has 1 aromatic carbocycles. The van der Waals surface area contributed by atoms with Crippen molar-refractivity contribution < 1.29 is 9.50 Å². The van der Waals surface area contributed by atoms with Gasteiger partial charge in [-0.15, -0.1) is 0 Å². The Morgan fingerprint density at radius 3 is 2.59 bits per heavy atom. The monoisotopic (exact) mass is 251 g/mol. The molecular weight excluding hydrogens is 241 g/mol. The minimum Gasteiger partial charge on any atom is -0.388 e. The molecule has 1 heterocycles. The lowest BCUT2D eigenvalue weighted by Crippen LogP contribution is -2.02. The van der Waals surface area contributed by atoms with Crippen LogP contribution in [0.1, 0.15) is 17.2 Å². The number of pyridine rings is 1. The van der Waals surface area contributed by atoms with Crippen molar-refractivity contribution >= 4 is 11.6 Å². The summed E-state index contributed by atoms with van der Waals surface area (Å²) in [5.41, 5.74) is 1.46. The van der Waals surface area contributed by atoms with Crippen LogP contribution in [0.2, 0.25) is 5.02 Å². The standard InChI is InChI=1S/C13H11ClFNO/c14-11-2-1-10(8-12(11)15)13(17)7-9-3-5-16-6-4-9/h1-6,8,13,17H,7H2. The average Bonchev–Trinajstić information content (AvgIpc) is 2.34. The fourth-order valence-electron chi connectivity index (χ4n) is 1.58. The molecule has 2 aromatic rings. The molecule has 0 bridgehead atoms. The number of hydrogen-bond acceptors (Lipinski definition) is 2. The van der Waals surface area contributed by atoms with Crippen molar-refractivity contribution in [1.82, 2.24) is 4.98 Å². The topological polar surface area (TPSA) is 33.1 Å². The first-order valence-electron chi connectivity index (χ1n) is 5.19. The summed E-state index contributed by atoms with van der Waals surface area (Å²) in [6.07, 6.45) is 2.99. The summed E-state index contributed by atoms with van der Waals surface area (Å²) in [5, 5.41) is 10.0. The van der Waals surface area contributed by atoms with Gasteiger partial charge in [0.15, 0.2) is 0 Å². The van der Waals surface area contributed by atoms with Crippen molar-refractivity contribution in [3.8, 4) is 0 Å². The van der Waals surface area contributed by atoms with Gasteiger partial charge in [0.1, 0.15) is 5.82 Å². The Morgan fingerprint density at radius 1 is 1.24 bits per heavy atom. The van der Waals surface area contributed by atoms with E-state index >= 15 is 0 Å². The van der Waals surface area contributed by atoms with E-state index in [2.05, 4.69) is 4.98 Å². The zero-order valence-corrected chi connectivity index (χ0v) is 9.73. The molecule has 0 amide bonds. The molecule has 17 heavy (non-hydrogen) atoms. The zero-order valence-electron chi connectivity index (χ0n) is 8.98. The van der Waals surface area contributed by atoms with E-state index in [0.717, 1.165) is 5.56 Å². The van der Waals surface area contributed by atoms with Crippen LogP contribution in [0, 0.1) is 5.82 Å². The highest BCUT2D eigenvalue weighted by molar-refractivity contribution is 6.30. The van der Waals surface area contributed by atoms with Gasteiger partial charge in [-0.1, -0.05) is 17.7 Å². The van der Waals surface area contributed by atoms with Crippen LogP contribution < -0.4 is 0 Å². The minimum atomic E-state index is -0.746. The fraction of sp³-hybridized carbons (Fsp3) is 0.154. The maximum atomic E-state index is 13.2. The largest absolute Gasteiger partial charge is 0.388 e. The van der Waals surface area contributed by atoms with Gasteiger partial charge in [-0.25, -0.2) is 4.39 Å². The lowest BCUT2D eigenvalue weighted by atomic mass is 10.0. The van der Waals surface area contributed by atoms with Gasteiger partial charge in [0, 0.05) is 18.8 Å². The Balaban J connectivity index is 2.14. The van der Waals surface area contributed by atoms with Crippen molar-refractivity contribution in [2.24, 2.45) is 0 Å². The van der Waals surface area contributed by atoms with Gasteiger partial charge in [0.2, 0.25) is 0 Å². The van der Waals surface area contributed by atoms with Crippen molar-refractivity contribution in [2.45, 2.75) is 12.5 Å². The Labute approximate surface area is 104 Å². The molecule has 1 atom stereocenters. The summed E-state index contributed by atoms with van der Waals surface area (Å²) in [4.78, 5) is 3.89. The summed E-state index contributed by atoms with van der Waals surface area (Å²) >= 11 is 5.58. The van der Waals surface area contributed by atoms with Gasteiger partial charge in [0.25, 0.3) is 0 Å². The van der Waals surface area contributed by atoms with Crippen LogP contribution in [-0.2, 0) is 6.42 Å². The first kappa shape index (κ1) is 12.0. The maximum absolute atomic E-state index is 13.2. The molecule has 4 heteroatoms. The molecule has 0 aliphatic rings. The number of aliphatic hydroxyl groups is 1. The average molecular weight is 252 g/mol. The Hall–Kier alpha value is -1.45. The summed E-state index contributed by atoms with van der Waals surface area (Å²) in [5.74, 6) is -0.516. The quantitative estimate of drug-likeness (QED) is 0.909. The lowest BCUT2D eigenvalue weighted by molar-refractivity contribution is 0.178. The third-order valence-electron chi connectivity index (χ3n) is 2.51. The van der Waals surface area contributed by atoms with Gasteiger partial charge >= 0.3 is 0 Å². The highest BCUT2D eigenvalue weighted by atomic mass is 35.5. The van der Waals surface area contributed by atoms with E-state index in [1.165, 1.54) is 12.1 Å². The van der Waals surface area contributed by atoms with Crippen LogP contribution in [0.5, 0.6) is 0 Å². The molecule has 0 aliphatic carbocycles. The van der Waals surface area contributed by atoms with Gasteiger partial charge in [0.05, 0.1) is 11.1 Å². The van der Waals surface area contributed by atoms with Gasteiger partial charge in [-0.2, -0.15) is 0 Å². The smallest absolute Gasteiger partial charge is 0.142 e. The van der Waals surface area contributed by atoms with Gasteiger partial charge in [-0.05, 0) is 35.4 Å². The van der Waals surface area contributed by atoms with E-state index in [1.54, 1.807) is 18.5 Å². The maximum Gasteiger partial charge on any atom is 0.142 e. The van der Waals surface area contributed by atoms with E-state index in [-0.39, 0.29) is 5.02 Å². The lowest BCUT2D eigenvalue weighted by Gasteiger charge is -2.11. The summed E-state index contributed by atoms with van der Waals surface area (Å²) in [7, 11) is 0. The number of rotatable bonds is 3. The third kappa shape index (κ3) is 3.02. The van der Waals surface area contributed by atoms with Crippen molar-refractivity contribution in [1.29, 1.82) is 0 Å². The molecule has 88 valence electrons. The van der Waals surface area contributed by atoms with Crippen LogP contribution >= 0.6 is 11.6 Å². The van der Waals surface area contributed by atoms with E-state index in [0.29, 0.717) is 12.0 Å². The van der Waals surface area contributed by atoms with Crippen LogP contribution in [0.4, 0.5) is 4.39 Å². The molecule has 2 rings (SSSR count). The molecule has 1 aromatic heterocycles. The molecule has 0 saturated heterocycles. The normalized spacial score (nSPS) is 12.4. The van der Waals surface area contributed by atoms with Crippen molar-refractivity contribution in [3.05, 3.63) is 64.7 Å². The number of benzene rings is 1. The Kier molecular flexibility index (Phi) is 3.71. The third-order valence-corrected chi connectivity index (χ3v) is 2.81. The first-order chi connectivity index (χ1) is 8.16. The highest BCUT2D eigenvalue weighted by Gasteiger charge is 2.10. The highest BCUT2D eigenvalue weighted by Crippen LogP contribution is 2.22. The predicted octanol–water partition coefficient (Wildman–Crippen LogP) is 3.15. The molecule has 0 saturated carbocycles. The summed E-state index contributed by atoms with van der Waals surface area (Å²) < 4.78 is 13.2. The zero-order chi connectivity index (χ0) is 12.3. The summed E-state index contributed by atoms with van der Waals surface area (Å²) in [6, 6.07) is 7.96. The molecule has 0 spiro atoms. The number of hydrogen-bond donors (Lipinski definition) is 1. The van der Waals surface area contributed by atoms with E-state index in [9.17, 15) is 9.50 Å². The van der Waals surface area contributed by atoms with Crippen LogP contribution in [0.25, 0.3) is 0 Å². The van der Waals surface area contributed by atoms with E-state index in [4.69, 9.17) is 11.6 Å². The second-order valence-corrected chi connectivity index (χ2v) is 4.16. The first-order valence-corrected chi connectivity index (χ1v) is 5.56. The fourth-order valence-corrected chi connectivity index (χ4v) is 1.70. The van der Waals surface area contributed by atoms with Crippen molar-refractivity contribution in [2.75, 3.05) is 0 Å². The second kappa shape index (κ2) is 5.25. The molecule has 1 N–H and O–H groups in total. The number of halogens is 2. The van der Waals surface area contributed by atoms with Crippen LogP contribution in [0.3, 0.4) is 0 Å². The number of nitrogens with zero attached hydrogens (tertiary/aromatic N) is 1. The molecule has 0 fully saturated rings. The number of aliphatic hydroxyl groups excluding tert-OH is 1. The molecular formula is C13H11ClFNO. The van der Waals surface area contributed by atoms with Crippen LogP contribution in [-0.4, -0.2) is 10.1 Å². The van der Waals surface area contributed by atoms with Crippen LogP contribution in [0.15, 0.2) is 42.7 Å². The van der Waals surface area contributed by atoms with E-state index in [1.807, 2.05) is 12.1 Å². The SMILES string of the molecule is OC(Cc1ccncc1)c1ccc(Cl)c(F)c1. The minimum absolute atomic E-state index is 0.0601. The summed E-state index contributed by atoms with van der Waals surface area (Å²) in [6.45, 7) is 0. The Morgan fingerprint density at radius 2 is 1.94 bits per heavy atom. The molecule has 1 unspecified atom stereocenters. The van der Waals surface area contributed by atoms with E-state index < -0.39 is 11.9 Å². The molecule has 2 nitrogen and oxygen atoms in total. The van der Waals surface area contributed by atoms with Gasteiger partial charge in [-0.3, -0.25) is 4.98 Å². The second-order valence-electron chi connectivity index (χ2n) is 3.75. The Bertz CT molecular complexity index is 504. The molecule has 0 aliphatic heterocycles. The predicted molar refractivity (Wildman–Crippen MR) is 64.3 cm³/mol. The van der Waals surface area contributed by atoms with Crippen molar-refractivity contribution in [3.63, 3.8) is 0 Å². The molecule has 0 radical (unpaired) electrons.